The predicted molar refractivity (Wildman–Crippen MR) is 67.9 cm³/mol. The van der Waals surface area contributed by atoms with E-state index in [-0.39, 0.29) is 24.8 Å². The van der Waals surface area contributed by atoms with Gasteiger partial charge >= 0.3 is 5.97 Å². The molecule has 1 aliphatic rings. The molecule has 0 N–H and O–H groups in total. The van der Waals surface area contributed by atoms with E-state index in [2.05, 4.69) is 15.0 Å². The number of hydrogen-bond donors (Lipinski definition) is 0. The number of carbonyl (C=O) groups is 2. The first-order valence-electron chi connectivity index (χ1n) is 6.44. The molecule has 1 aromatic rings. The molecule has 20 heavy (non-hydrogen) atoms. The number of carbonyl (C=O) groups excluding carboxylic acids is 2. The average Bonchev–Trinajstić information content (AvgIpc) is 3.09. The summed E-state index contributed by atoms with van der Waals surface area (Å²) in [6, 6.07) is 0. The molecular weight excluding hydrogens is 264 g/mol. The van der Waals surface area contributed by atoms with Crippen LogP contribution in [0.2, 0.25) is 0 Å². The summed E-state index contributed by atoms with van der Waals surface area (Å²) in [6.45, 7) is 1.75. The minimum atomic E-state index is -0.586. The Morgan fingerprint density at radius 3 is 2.55 bits per heavy atom. The number of rotatable bonds is 5. The highest BCUT2D eigenvalue weighted by atomic mass is 16.5. The quantitative estimate of drug-likeness (QED) is 0.697. The van der Waals surface area contributed by atoms with E-state index in [1.54, 1.807) is 4.90 Å². The van der Waals surface area contributed by atoms with Gasteiger partial charge in [0, 0.05) is 20.2 Å². The summed E-state index contributed by atoms with van der Waals surface area (Å²) >= 11 is 0. The molecule has 8 heteroatoms. The molecule has 1 fully saturated rings. The molecule has 1 saturated heterocycles. The van der Waals surface area contributed by atoms with Gasteiger partial charge in [-0.15, -0.1) is 5.10 Å². The number of ether oxygens (including phenoxy) is 2. The molecule has 1 aliphatic heterocycles. The Labute approximate surface area is 116 Å². The molecule has 1 aromatic heterocycles. The second-order valence-electron chi connectivity index (χ2n) is 4.55. The molecule has 110 valence electrons. The fourth-order valence-corrected chi connectivity index (χ4v) is 2.19. The Balaban J connectivity index is 2.16. The zero-order chi connectivity index (χ0) is 14.5. The summed E-state index contributed by atoms with van der Waals surface area (Å²) in [5.41, 5.74) is 0.537. The SMILES string of the molecule is COCc1c(C(=O)OC)nnn1CC(=O)N1CCCC1. The number of amides is 1. The summed E-state index contributed by atoms with van der Waals surface area (Å²) < 4.78 is 11.1. The van der Waals surface area contributed by atoms with Crippen molar-refractivity contribution in [1.82, 2.24) is 19.9 Å². The van der Waals surface area contributed by atoms with Crippen molar-refractivity contribution in [2.45, 2.75) is 26.0 Å². The second-order valence-corrected chi connectivity index (χ2v) is 4.55. The lowest BCUT2D eigenvalue weighted by molar-refractivity contribution is -0.131. The highest BCUT2D eigenvalue weighted by Gasteiger charge is 2.24. The van der Waals surface area contributed by atoms with Gasteiger partial charge in [0.15, 0.2) is 5.69 Å². The van der Waals surface area contributed by atoms with Crippen LogP contribution in [0.25, 0.3) is 0 Å². The fraction of sp³-hybridized carbons (Fsp3) is 0.667. The van der Waals surface area contributed by atoms with Crippen molar-refractivity contribution in [3.05, 3.63) is 11.4 Å². The van der Waals surface area contributed by atoms with Crippen LogP contribution in [-0.2, 0) is 27.4 Å². The number of methoxy groups -OCH3 is 2. The molecule has 0 radical (unpaired) electrons. The highest BCUT2D eigenvalue weighted by molar-refractivity contribution is 5.88. The molecule has 8 nitrogen and oxygen atoms in total. The van der Waals surface area contributed by atoms with Crippen LogP contribution in [0.5, 0.6) is 0 Å². The lowest BCUT2D eigenvalue weighted by atomic mass is 10.3. The van der Waals surface area contributed by atoms with Crippen molar-refractivity contribution in [2.75, 3.05) is 27.3 Å². The third kappa shape index (κ3) is 2.96. The largest absolute Gasteiger partial charge is 0.464 e. The molecule has 0 atom stereocenters. The van der Waals surface area contributed by atoms with E-state index in [1.165, 1.54) is 18.9 Å². The van der Waals surface area contributed by atoms with E-state index in [9.17, 15) is 9.59 Å². The molecule has 0 spiro atoms. The van der Waals surface area contributed by atoms with Crippen molar-refractivity contribution in [2.24, 2.45) is 0 Å². The molecule has 2 heterocycles. The maximum absolute atomic E-state index is 12.1. The van der Waals surface area contributed by atoms with Crippen LogP contribution in [-0.4, -0.2) is 59.1 Å². The second kappa shape index (κ2) is 6.47. The van der Waals surface area contributed by atoms with Crippen molar-refractivity contribution in [1.29, 1.82) is 0 Å². The topological polar surface area (TPSA) is 86.5 Å². The highest BCUT2D eigenvalue weighted by Crippen LogP contribution is 2.12. The van der Waals surface area contributed by atoms with Gasteiger partial charge in [-0.1, -0.05) is 5.21 Å². The Morgan fingerprint density at radius 2 is 1.95 bits per heavy atom. The number of hydrogen-bond acceptors (Lipinski definition) is 6. The zero-order valence-corrected chi connectivity index (χ0v) is 11.7. The van der Waals surface area contributed by atoms with Gasteiger partial charge < -0.3 is 14.4 Å². The van der Waals surface area contributed by atoms with Crippen LogP contribution in [0.15, 0.2) is 0 Å². The lowest BCUT2D eigenvalue weighted by Gasteiger charge is -2.15. The van der Waals surface area contributed by atoms with E-state index in [1.807, 2.05) is 0 Å². The molecule has 1 amide bonds. The van der Waals surface area contributed by atoms with E-state index in [0.717, 1.165) is 25.9 Å². The number of nitrogens with zero attached hydrogens (tertiary/aromatic N) is 4. The predicted octanol–water partition coefficient (Wildman–Crippen LogP) is -0.166. The van der Waals surface area contributed by atoms with Gasteiger partial charge in [0.1, 0.15) is 6.54 Å². The van der Waals surface area contributed by atoms with E-state index in [4.69, 9.17) is 4.74 Å². The van der Waals surface area contributed by atoms with Gasteiger partial charge in [0.2, 0.25) is 5.91 Å². The summed E-state index contributed by atoms with van der Waals surface area (Å²) in [4.78, 5) is 25.5. The first kappa shape index (κ1) is 14.4. The number of aromatic nitrogens is 3. The van der Waals surface area contributed by atoms with Crippen LogP contribution in [0.4, 0.5) is 0 Å². The Kier molecular flexibility index (Phi) is 4.67. The zero-order valence-electron chi connectivity index (χ0n) is 11.7. The van der Waals surface area contributed by atoms with Gasteiger partial charge in [-0.2, -0.15) is 0 Å². The van der Waals surface area contributed by atoms with Gasteiger partial charge in [-0.25, -0.2) is 9.48 Å². The maximum atomic E-state index is 12.1. The van der Waals surface area contributed by atoms with Crippen LogP contribution < -0.4 is 0 Å². The number of likely N-dealkylation sites (tertiary alicyclic amines) is 1. The fourth-order valence-electron chi connectivity index (χ4n) is 2.19. The Morgan fingerprint density at radius 1 is 1.25 bits per heavy atom. The average molecular weight is 282 g/mol. The van der Waals surface area contributed by atoms with Crippen LogP contribution >= 0.6 is 0 Å². The Bertz CT molecular complexity index is 494. The maximum Gasteiger partial charge on any atom is 0.360 e. The van der Waals surface area contributed by atoms with Crippen LogP contribution in [0, 0.1) is 0 Å². The minimum Gasteiger partial charge on any atom is -0.464 e. The first-order chi connectivity index (χ1) is 9.67. The lowest BCUT2D eigenvalue weighted by Crippen LogP contribution is -2.32. The van der Waals surface area contributed by atoms with Gasteiger partial charge in [0.05, 0.1) is 19.4 Å². The Hall–Kier alpha value is -1.96. The van der Waals surface area contributed by atoms with Crippen molar-refractivity contribution in [3.8, 4) is 0 Å². The normalized spacial score (nSPS) is 14.6. The van der Waals surface area contributed by atoms with Crippen molar-refractivity contribution >= 4 is 11.9 Å². The van der Waals surface area contributed by atoms with Crippen LogP contribution in [0.3, 0.4) is 0 Å². The molecular formula is C12H18N4O4. The molecule has 0 bridgehead atoms. The van der Waals surface area contributed by atoms with Gasteiger partial charge in [-0.05, 0) is 12.8 Å². The smallest absolute Gasteiger partial charge is 0.360 e. The van der Waals surface area contributed by atoms with E-state index < -0.39 is 5.97 Å². The van der Waals surface area contributed by atoms with Crippen molar-refractivity contribution < 1.29 is 19.1 Å². The molecule has 2 rings (SSSR count). The third-order valence-electron chi connectivity index (χ3n) is 3.24. The third-order valence-corrected chi connectivity index (χ3v) is 3.24. The monoisotopic (exact) mass is 282 g/mol. The molecule has 0 unspecified atom stereocenters. The summed E-state index contributed by atoms with van der Waals surface area (Å²) in [5.74, 6) is -0.613. The van der Waals surface area contributed by atoms with E-state index >= 15 is 0 Å². The number of esters is 1. The molecule has 0 aliphatic carbocycles. The van der Waals surface area contributed by atoms with Crippen molar-refractivity contribution in [3.63, 3.8) is 0 Å². The summed E-state index contributed by atoms with van der Waals surface area (Å²) in [6.07, 6.45) is 2.06. The minimum absolute atomic E-state index is 0.0267. The van der Waals surface area contributed by atoms with Crippen LogP contribution in [0.1, 0.15) is 29.0 Å². The molecule has 0 aromatic carbocycles. The van der Waals surface area contributed by atoms with E-state index in [0.29, 0.717) is 5.69 Å². The van der Waals surface area contributed by atoms with Gasteiger partial charge in [0.25, 0.3) is 0 Å². The first-order valence-corrected chi connectivity index (χ1v) is 6.44. The van der Waals surface area contributed by atoms with Gasteiger partial charge in [-0.3, -0.25) is 4.79 Å². The summed E-state index contributed by atoms with van der Waals surface area (Å²) in [5, 5.41) is 7.63. The standard InChI is InChI=1S/C12H18N4O4/c1-19-8-9-11(12(18)20-2)13-14-16(9)7-10(17)15-5-3-4-6-15/h3-8H2,1-2H3. The molecule has 0 saturated carbocycles. The summed E-state index contributed by atoms with van der Waals surface area (Å²) in [7, 11) is 2.77.